The van der Waals surface area contributed by atoms with Gasteiger partial charge in [-0.3, -0.25) is 62.1 Å². The summed E-state index contributed by atoms with van der Waals surface area (Å²) in [7, 11) is -5.51. The Balaban J connectivity index is 3.67. The number of aliphatic carboxylic acids is 4. The number of carbonyl (C=O) groups excluding carboxylic acids is 9. The van der Waals surface area contributed by atoms with E-state index in [0.29, 0.717) is 6.42 Å². The van der Waals surface area contributed by atoms with Crippen molar-refractivity contribution < 1.29 is 102 Å². The Kier molecular flexibility index (Phi) is 29.1. The highest BCUT2D eigenvalue weighted by Gasteiger charge is 2.41. The molecule has 1 saturated heterocycles. The van der Waals surface area contributed by atoms with E-state index < -0.39 is 202 Å². The van der Waals surface area contributed by atoms with E-state index in [1.165, 1.54) is 13.8 Å². The maximum Gasteiger partial charge on any atom is 0.469 e. The maximum absolute atomic E-state index is 14.2. The minimum Gasteiger partial charge on any atom is -0.481 e. The molecule has 0 aromatic heterocycles. The SMILES string of the molecule is CC(C)C[C@H](NC(=O)[C@H](CCC(=O)O)NC(=O)[C@@H](NC(=O)[C@@H](N)CCC(=O)O)C(C)C)C(=O)N[C@H](C(=O)N[C@@H](CCC(N)=O)C(=O)N[C@@H](CCC(=O)O)C(=O)N[C@@H](CC(C)C)C(=O)N1CCC[C@H]1C(=O)O)[C@@H](C)OP(=O)(O)O. The van der Waals surface area contributed by atoms with Gasteiger partial charge in [0, 0.05) is 32.2 Å². The molecular weight excluding hydrogens is 1060 g/mol. The highest BCUT2D eigenvalue weighted by molar-refractivity contribution is 7.46. The van der Waals surface area contributed by atoms with E-state index in [4.69, 9.17) is 21.1 Å². The molecule has 1 heterocycles. The van der Waals surface area contributed by atoms with E-state index in [1.807, 2.05) is 0 Å². The van der Waals surface area contributed by atoms with E-state index in [1.54, 1.807) is 27.7 Å². The Morgan fingerprint density at radius 1 is 0.538 bits per heavy atom. The number of hydrogen-bond donors (Lipinski definition) is 15. The molecule has 1 aliphatic rings. The third kappa shape index (κ3) is 25.6. The van der Waals surface area contributed by atoms with Crippen LogP contribution < -0.4 is 48.7 Å². The highest BCUT2D eigenvalue weighted by atomic mass is 31.2. The van der Waals surface area contributed by atoms with Crippen LogP contribution in [0.15, 0.2) is 0 Å². The molecule has 10 atom stereocenters. The number of primary amides is 1. The number of rotatable bonds is 36. The molecule has 1 rings (SSSR count). The molecule has 0 bridgehead atoms. The second-order valence-electron chi connectivity index (χ2n) is 20.0. The van der Waals surface area contributed by atoms with Gasteiger partial charge in [-0.25, -0.2) is 9.36 Å². The van der Waals surface area contributed by atoms with Crippen LogP contribution in [0, 0.1) is 17.8 Å². The van der Waals surface area contributed by atoms with Gasteiger partial charge >= 0.3 is 31.7 Å². The monoisotopic (exact) mass is 1140 g/mol. The molecule has 17 N–H and O–H groups in total. The first-order valence-corrected chi connectivity index (χ1v) is 26.7. The van der Waals surface area contributed by atoms with Crippen LogP contribution in [0.5, 0.6) is 0 Å². The van der Waals surface area contributed by atoms with E-state index in [0.717, 1.165) is 11.8 Å². The first kappa shape index (κ1) is 69.2. The Labute approximate surface area is 449 Å². The molecule has 0 spiro atoms. The number of amides is 9. The fraction of sp³-hybridized carbons (Fsp3) is 0.717. The van der Waals surface area contributed by atoms with Gasteiger partial charge in [-0.15, -0.1) is 0 Å². The van der Waals surface area contributed by atoms with E-state index in [-0.39, 0.29) is 38.1 Å². The number of carboxylic acids is 4. The summed E-state index contributed by atoms with van der Waals surface area (Å²) in [6, 6.07) is -14.6. The molecule has 0 aromatic carbocycles. The maximum atomic E-state index is 14.2. The molecule has 0 radical (unpaired) electrons. The van der Waals surface area contributed by atoms with Crippen molar-refractivity contribution in [3.8, 4) is 0 Å². The average molecular weight is 1140 g/mol. The van der Waals surface area contributed by atoms with Gasteiger partial charge in [0.05, 0.1) is 12.1 Å². The zero-order valence-corrected chi connectivity index (χ0v) is 45.4. The summed E-state index contributed by atoms with van der Waals surface area (Å²) < 4.78 is 16.8. The van der Waals surface area contributed by atoms with Gasteiger partial charge in [-0.05, 0) is 76.0 Å². The van der Waals surface area contributed by atoms with Gasteiger partial charge in [-0.2, -0.15) is 0 Å². The molecule has 0 aromatic rings. The Bertz CT molecular complexity index is 2230. The third-order valence-electron chi connectivity index (χ3n) is 12.0. The smallest absolute Gasteiger partial charge is 0.469 e. The Hall–Kier alpha value is -6.82. The van der Waals surface area contributed by atoms with Crippen LogP contribution in [0.1, 0.15) is 126 Å². The highest BCUT2D eigenvalue weighted by Crippen LogP contribution is 2.38. The lowest BCUT2D eigenvalue weighted by Gasteiger charge is -2.31. The van der Waals surface area contributed by atoms with Gasteiger partial charge in [0.1, 0.15) is 48.3 Å². The minimum absolute atomic E-state index is 0.0225. The summed E-state index contributed by atoms with van der Waals surface area (Å²) in [4.78, 5) is 189. The predicted octanol–water partition coefficient (Wildman–Crippen LogP) is -3.11. The lowest BCUT2D eigenvalue weighted by Crippen LogP contribution is -2.62. The number of carbonyl (C=O) groups is 13. The second kappa shape index (κ2) is 32.8. The van der Waals surface area contributed by atoms with Crippen LogP contribution in [-0.2, 0) is 71.4 Å². The predicted molar refractivity (Wildman–Crippen MR) is 269 cm³/mol. The number of likely N-dealkylation sites (tertiary alicyclic amines) is 1. The molecule has 0 unspecified atom stereocenters. The summed E-state index contributed by atoms with van der Waals surface area (Å²) in [6.07, 6.45) is -6.53. The van der Waals surface area contributed by atoms with E-state index in [2.05, 4.69) is 37.2 Å². The number of carboxylic acid groups (broad SMARTS) is 4. The molecular formula is C46H77N10O21P. The normalized spacial score (nSPS) is 16.9. The lowest BCUT2D eigenvalue weighted by atomic mass is 9.99. The second-order valence-corrected chi connectivity index (χ2v) is 21.2. The fourth-order valence-corrected chi connectivity index (χ4v) is 8.54. The molecule has 9 amide bonds. The Morgan fingerprint density at radius 3 is 1.35 bits per heavy atom. The van der Waals surface area contributed by atoms with Crippen LogP contribution >= 0.6 is 7.82 Å². The van der Waals surface area contributed by atoms with Crippen LogP contribution in [0.3, 0.4) is 0 Å². The van der Waals surface area contributed by atoms with E-state index >= 15 is 0 Å². The molecule has 31 nitrogen and oxygen atoms in total. The summed E-state index contributed by atoms with van der Waals surface area (Å²) in [5, 5.41) is 53.9. The molecule has 0 aliphatic carbocycles. The van der Waals surface area contributed by atoms with Crippen molar-refractivity contribution in [2.24, 2.45) is 29.2 Å². The lowest BCUT2D eigenvalue weighted by molar-refractivity contribution is -0.149. The summed E-state index contributed by atoms with van der Waals surface area (Å²) in [5.41, 5.74) is 11.1. The molecule has 1 aliphatic heterocycles. The van der Waals surface area contributed by atoms with Crippen LogP contribution in [0.4, 0.5) is 0 Å². The number of phosphoric ester groups is 1. The van der Waals surface area contributed by atoms with Gasteiger partial charge in [-0.1, -0.05) is 41.5 Å². The third-order valence-corrected chi connectivity index (χ3v) is 12.6. The number of nitrogens with zero attached hydrogens (tertiary/aromatic N) is 1. The molecule has 32 heteroatoms. The van der Waals surface area contributed by atoms with Crippen molar-refractivity contribution in [3.05, 3.63) is 0 Å². The molecule has 0 saturated carbocycles. The zero-order chi connectivity index (χ0) is 59.9. The summed E-state index contributed by atoms with van der Waals surface area (Å²) in [6.45, 7) is 10.6. The van der Waals surface area contributed by atoms with Crippen LogP contribution in [0.2, 0.25) is 0 Å². The number of nitrogens with one attached hydrogen (secondary N) is 7. The van der Waals surface area contributed by atoms with Crippen molar-refractivity contribution >= 4 is 84.9 Å². The molecule has 442 valence electrons. The number of nitrogens with two attached hydrogens (primary N) is 2. The fourth-order valence-electron chi connectivity index (χ4n) is 7.98. The topological polar surface area (TPSA) is 509 Å². The van der Waals surface area contributed by atoms with Gasteiger partial charge in [0.25, 0.3) is 0 Å². The van der Waals surface area contributed by atoms with Crippen molar-refractivity contribution in [1.29, 1.82) is 0 Å². The van der Waals surface area contributed by atoms with Crippen LogP contribution in [-0.4, -0.2) is 179 Å². The zero-order valence-electron chi connectivity index (χ0n) is 44.6. The number of hydrogen-bond acceptors (Lipinski definition) is 16. The number of phosphoric acid groups is 1. The standard InChI is InChI=1S/C46H77N10O21P/c1-21(2)19-29(52-40(66)28(13-17-35(62)63)50-43(69)36(23(5)6)54-38(64)25(47)10-15-33(58)59)42(68)55-37(24(7)77-78(74,75)76)44(70)51-26(11-14-32(48)57)39(65)49-27(12-16-34(60)61)41(67)53-30(20-22(3)4)45(71)56-18-8-9-31(56)46(72)73/h21-31,36-37H,8-20,47H2,1-7H3,(H2,48,57)(H,49,65)(H,50,69)(H,51,70)(H,52,66)(H,53,67)(H,54,64)(H,55,68)(H,58,59)(H,60,61)(H,62,63)(H,72,73)(H2,74,75,76)/t24-,25+,26+,27+,28+,29+,30+,31+,36+,37+/m1/s1. The summed E-state index contributed by atoms with van der Waals surface area (Å²) >= 11 is 0. The first-order chi connectivity index (χ1) is 36.0. The Morgan fingerprint density at radius 2 is 0.923 bits per heavy atom. The van der Waals surface area contributed by atoms with Crippen molar-refractivity contribution in [2.75, 3.05) is 6.54 Å². The van der Waals surface area contributed by atoms with Gasteiger partial charge in [0.2, 0.25) is 53.2 Å². The van der Waals surface area contributed by atoms with E-state index in [9.17, 15) is 92.0 Å². The first-order valence-electron chi connectivity index (χ1n) is 25.1. The van der Waals surface area contributed by atoms with Crippen molar-refractivity contribution in [2.45, 2.75) is 186 Å². The van der Waals surface area contributed by atoms with Gasteiger partial charge < -0.3 is 83.8 Å². The average Bonchev–Trinajstić information content (AvgIpc) is 3.81. The van der Waals surface area contributed by atoms with Crippen molar-refractivity contribution in [3.63, 3.8) is 0 Å². The minimum atomic E-state index is -5.51. The molecule has 78 heavy (non-hydrogen) atoms. The van der Waals surface area contributed by atoms with Gasteiger partial charge in [0.15, 0.2) is 0 Å². The van der Waals surface area contributed by atoms with Crippen LogP contribution in [0.25, 0.3) is 0 Å². The van der Waals surface area contributed by atoms with Crippen molar-refractivity contribution in [1.82, 2.24) is 42.1 Å². The summed E-state index contributed by atoms with van der Waals surface area (Å²) in [5.74, 6) is -16.7. The largest absolute Gasteiger partial charge is 0.481 e. The quantitative estimate of drug-likeness (QED) is 0.0276. The molecule has 1 fully saturated rings.